The van der Waals surface area contributed by atoms with Gasteiger partial charge in [0.2, 0.25) is 5.69 Å². The van der Waals surface area contributed by atoms with E-state index in [4.69, 9.17) is 4.74 Å². The Morgan fingerprint density at radius 2 is 1.95 bits per heavy atom. The number of rotatable bonds is 3. The highest BCUT2D eigenvalue weighted by Gasteiger charge is 2.15. The lowest BCUT2D eigenvalue weighted by atomic mass is 10.1. The van der Waals surface area contributed by atoms with E-state index in [0.29, 0.717) is 5.82 Å². The van der Waals surface area contributed by atoms with Crippen LogP contribution in [0, 0.1) is 6.92 Å². The number of carbonyl (C=O) groups is 1. The molecule has 1 aromatic heterocycles. The summed E-state index contributed by atoms with van der Waals surface area (Å²) >= 11 is 0. The van der Waals surface area contributed by atoms with Crippen molar-refractivity contribution in [2.24, 2.45) is 0 Å². The maximum absolute atomic E-state index is 11.7. The van der Waals surface area contributed by atoms with E-state index in [0.717, 1.165) is 11.1 Å². The number of hydrogen-bond acceptors (Lipinski definition) is 5. The summed E-state index contributed by atoms with van der Waals surface area (Å²) in [6, 6.07) is 7.43. The van der Waals surface area contributed by atoms with Crippen LogP contribution in [0.1, 0.15) is 23.0 Å². The van der Waals surface area contributed by atoms with Crippen molar-refractivity contribution < 1.29 is 9.53 Å². The second-order valence-electron chi connectivity index (χ2n) is 3.94. The molecule has 1 N–H and O–H groups in total. The number of nitrogens with one attached hydrogen (secondary N) is 1. The van der Waals surface area contributed by atoms with Crippen LogP contribution < -0.4 is 5.56 Å². The average molecular weight is 259 g/mol. The van der Waals surface area contributed by atoms with E-state index in [2.05, 4.69) is 15.2 Å². The predicted molar refractivity (Wildman–Crippen MR) is 68.8 cm³/mol. The smallest absolute Gasteiger partial charge is 0.364 e. The molecule has 0 atom stereocenters. The van der Waals surface area contributed by atoms with Crippen LogP contribution in [-0.4, -0.2) is 27.8 Å². The number of hydrogen-bond donors (Lipinski definition) is 1. The molecule has 0 amide bonds. The van der Waals surface area contributed by atoms with E-state index in [-0.39, 0.29) is 12.3 Å². The Bertz CT molecular complexity index is 647. The second kappa shape index (κ2) is 5.43. The lowest BCUT2D eigenvalue weighted by Crippen LogP contribution is -2.23. The number of benzene rings is 1. The summed E-state index contributed by atoms with van der Waals surface area (Å²) < 4.78 is 4.71. The van der Waals surface area contributed by atoms with Crippen LogP contribution in [0.5, 0.6) is 0 Å². The Hall–Kier alpha value is -2.50. The highest BCUT2D eigenvalue weighted by molar-refractivity contribution is 5.86. The van der Waals surface area contributed by atoms with Crippen molar-refractivity contribution in [3.8, 4) is 11.4 Å². The summed E-state index contributed by atoms with van der Waals surface area (Å²) in [4.78, 5) is 25.7. The van der Waals surface area contributed by atoms with Gasteiger partial charge in [0.15, 0.2) is 5.82 Å². The van der Waals surface area contributed by atoms with E-state index >= 15 is 0 Å². The van der Waals surface area contributed by atoms with Gasteiger partial charge in [0, 0.05) is 5.56 Å². The predicted octanol–water partition coefficient (Wildman–Crippen LogP) is 1.32. The number of carbonyl (C=O) groups excluding carboxylic acids is 1. The number of nitrogens with zero attached hydrogens (tertiary/aromatic N) is 2. The molecule has 0 aliphatic rings. The van der Waals surface area contributed by atoms with Gasteiger partial charge < -0.3 is 9.72 Å². The minimum Gasteiger partial charge on any atom is -0.461 e. The molecule has 2 rings (SSSR count). The lowest BCUT2D eigenvalue weighted by molar-refractivity contribution is 0.0515. The van der Waals surface area contributed by atoms with Crippen LogP contribution in [-0.2, 0) is 4.74 Å². The van der Waals surface area contributed by atoms with E-state index in [1.54, 1.807) is 6.92 Å². The summed E-state index contributed by atoms with van der Waals surface area (Å²) in [5, 5.41) is 7.46. The average Bonchev–Trinajstić information content (AvgIpc) is 2.39. The molecular formula is C13H13N3O3. The number of aromatic amines is 1. The summed E-state index contributed by atoms with van der Waals surface area (Å²) in [6.07, 6.45) is 0. The molecule has 0 aliphatic heterocycles. The van der Waals surface area contributed by atoms with Crippen LogP contribution in [0.4, 0.5) is 0 Å². The summed E-state index contributed by atoms with van der Waals surface area (Å²) in [7, 11) is 0. The lowest BCUT2D eigenvalue weighted by Gasteiger charge is -2.02. The van der Waals surface area contributed by atoms with Gasteiger partial charge >= 0.3 is 5.97 Å². The number of esters is 1. The van der Waals surface area contributed by atoms with Crippen molar-refractivity contribution in [2.75, 3.05) is 6.61 Å². The van der Waals surface area contributed by atoms with Gasteiger partial charge in [0.25, 0.3) is 5.56 Å². The first-order valence-electron chi connectivity index (χ1n) is 5.83. The molecule has 0 unspecified atom stereocenters. The monoisotopic (exact) mass is 259 g/mol. The van der Waals surface area contributed by atoms with Gasteiger partial charge in [0.1, 0.15) is 0 Å². The van der Waals surface area contributed by atoms with Gasteiger partial charge in [-0.2, -0.15) is 0 Å². The molecule has 0 saturated heterocycles. The van der Waals surface area contributed by atoms with Crippen LogP contribution >= 0.6 is 0 Å². The van der Waals surface area contributed by atoms with E-state index in [9.17, 15) is 9.59 Å². The largest absolute Gasteiger partial charge is 0.461 e. The Morgan fingerprint density at radius 3 is 2.53 bits per heavy atom. The van der Waals surface area contributed by atoms with Gasteiger partial charge in [-0.25, -0.2) is 4.79 Å². The summed E-state index contributed by atoms with van der Waals surface area (Å²) in [6.45, 7) is 3.79. The van der Waals surface area contributed by atoms with E-state index in [1.165, 1.54) is 0 Å². The Kier molecular flexibility index (Phi) is 3.70. The van der Waals surface area contributed by atoms with Crippen molar-refractivity contribution in [2.45, 2.75) is 13.8 Å². The SMILES string of the molecule is CCOC(=O)c1nnc(-c2ccc(C)cc2)[nH]c1=O. The molecule has 19 heavy (non-hydrogen) atoms. The molecule has 0 aliphatic carbocycles. The van der Waals surface area contributed by atoms with Gasteiger partial charge in [-0.1, -0.05) is 29.8 Å². The number of ether oxygens (including phenoxy) is 1. The molecule has 1 heterocycles. The molecule has 0 bridgehead atoms. The molecule has 6 heteroatoms. The van der Waals surface area contributed by atoms with Crippen molar-refractivity contribution in [1.29, 1.82) is 0 Å². The topological polar surface area (TPSA) is 84.9 Å². The Morgan fingerprint density at radius 1 is 1.26 bits per heavy atom. The molecule has 0 fully saturated rings. The van der Waals surface area contributed by atoms with Crippen LogP contribution in [0.3, 0.4) is 0 Å². The fourth-order valence-electron chi connectivity index (χ4n) is 1.51. The third-order valence-electron chi connectivity index (χ3n) is 2.49. The zero-order valence-electron chi connectivity index (χ0n) is 10.6. The molecule has 6 nitrogen and oxygen atoms in total. The third kappa shape index (κ3) is 2.85. The zero-order chi connectivity index (χ0) is 13.8. The first-order chi connectivity index (χ1) is 9.11. The van der Waals surface area contributed by atoms with Gasteiger partial charge in [-0.3, -0.25) is 4.79 Å². The molecular weight excluding hydrogens is 246 g/mol. The van der Waals surface area contributed by atoms with E-state index in [1.807, 2.05) is 31.2 Å². The standard InChI is InChI=1S/C13H13N3O3/c1-3-19-13(18)10-12(17)14-11(16-15-10)9-6-4-8(2)5-7-9/h4-7H,3H2,1-2H3,(H,14,16,17). The van der Waals surface area contributed by atoms with Crippen LogP contribution in [0.15, 0.2) is 29.1 Å². The number of H-pyrrole nitrogens is 1. The van der Waals surface area contributed by atoms with Gasteiger partial charge in [0.05, 0.1) is 6.61 Å². The molecule has 0 saturated carbocycles. The maximum atomic E-state index is 11.7. The van der Waals surface area contributed by atoms with Crippen LogP contribution in [0.25, 0.3) is 11.4 Å². The quantitative estimate of drug-likeness (QED) is 0.840. The molecule has 0 radical (unpaired) electrons. The summed E-state index contributed by atoms with van der Waals surface area (Å²) in [5.74, 6) is -0.454. The first-order valence-corrected chi connectivity index (χ1v) is 5.83. The van der Waals surface area contributed by atoms with Crippen molar-refractivity contribution in [3.05, 3.63) is 45.9 Å². The Labute approximate surface area is 109 Å². The highest BCUT2D eigenvalue weighted by Crippen LogP contribution is 2.13. The number of aryl methyl sites for hydroxylation is 1. The first kappa shape index (κ1) is 12.9. The number of aromatic nitrogens is 3. The minimum absolute atomic E-state index is 0.180. The maximum Gasteiger partial charge on any atom is 0.364 e. The summed E-state index contributed by atoms with van der Waals surface area (Å²) in [5.41, 5.74) is 0.884. The highest BCUT2D eigenvalue weighted by atomic mass is 16.5. The molecule has 0 spiro atoms. The van der Waals surface area contributed by atoms with Crippen molar-refractivity contribution in [1.82, 2.24) is 15.2 Å². The third-order valence-corrected chi connectivity index (χ3v) is 2.49. The van der Waals surface area contributed by atoms with Gasteiger partial charge in [-0.05, 0) is 13.8 Å². The minimum atomic E-state index is -0.772. The molecule has 1 aromatic carbocycles. The molecule has 2 aromatic rings. The van der Waals surface area contributed by atoms with E-state index < -0.39 is 11.5 Å². The second-order valence-corrected chi connectivity index (χ2v) is 3.94. The van der Waals surface area contributed by atoms with Gasteiger partial charge in [-0.15, -0.1) is 10.2 Å². The molecule has 98 valence electrons. The normalized spacial score (nSPS) is 10.2. The van der Waals surface area contributed by atoms with Crippen molar-refractivity contribution in [3.63, 3.8) is 0 Å². The fraction of sp³-hybridized carbons (Fsp3) is 0.231. The van der Waals surface area contributed by atoms with Crippen LogP contribution in [0.2, 0.25) is 0 Å². The fourth-order valence-corrected chi connectivity index (χ4v) is 1.51. The zero-order valence-corrected chi connectivity index (χ0v) is 10.6. The Balaban J connectivity index is 2.36. The van der Waals surface area contributed by atoms with Crippen molar-refractivity contribution >= 4 is 5.97 Å².